The fourth-order valence-electron chi connectivity index (χ4n) is 3.54. The molecule has 1 heterocycles. The van der Waals surface area contributed by atoms with Gasteiger partial charge in [0.2, 0.25) is 0 Å². The van der Waals surface area contributed by atoms with Crippen molar-refractivity contribution in [1.29, 1.82) is 0 Å². The second-order valence-corrected chi connectivity index (χ2v) is 9.57. The number of ether oxygens (including phenoxy) is 2. The molecular weight excluding hydrogens is 510 g/mol. The van der Waals surface area contributed by atoms with Crippen molar-refractivity contribution < 1.29 is 24.2 Å². The van der Waals surface area contributed by atoms with Gasteiger partial charge in [0, 0.05) is 34.1 Å². The summed E-state index contributed by atoms with van der Waals surface area (Å²) in [4.78, 5) is 29.3. The summed E-state index contributed by atoms with van der Waals surface area (Å²) < 4.78 is 11.9. The molecule has 10 heteroatoms. The maximum atomic E-state index is 13.2. The molecule has 0 unspecified atom stereocenters. The lowest BCUT2D eigenvalue weighted by Crippen LogP contribution is -2.36. The van der Waals surface area contributed by atoms with Crippen molar-refractivity contribution in [1.82, 2.24) is 4.98 Å². The number of aromatic nitrogens is 1. The molecule has 2 amide bonds. The molecule has 40 heavy (non-hydrogen) atoms. The first kappa shape index (κ1) is 27.9. The van der Waals surface area contributed by atoms with Crippen molar-refractivity contribution in [3.8, 4) is 11.5 Å². The largest absolute Gasteiger partial charge is 0.489 e. The highest BCUT2D eigenvalue weighted by atomic mass is 16.5. The van der Waals surface area contributed by atoms with E-state index in [0.29, 0.717) is 28.6 Å². The first-order valence-electron chi connectivity index (χ1n) is 12.5. The van der Waals surface area contributed by atoms with E-state index in [2.05, 4.69) is 15.6 Å². The molecule has 206 valence electrons. The number of nitrogens with zero attached hydrogens (tertiary/aromatic N) is 1. The Morgan fingerprint density at radius 3 is 1.85 bits per heavy atom. The van der Waals surface area contributed by atoms with E-state index in [-0.39, 0.29) is 24.6 Å². The Labute approximate surface area is 232 Å². The molecule has 0 atom stereocenters. The third-order valence-electron chi connectivity index (χ3n) is 5.86. The van der Waals surface area contributed by atoms with Crippen LogP contribution in [0.1, 0.15) is 35.3 Å². The van der Waals surface area contributed by atoms with Gasteiger partial charge in [-0.05, 0) is 50.2 Å². The molecule has 10 nitrogen and oxygen atoms in total. The minimum Gasteiger partial charge on any atom is -0.489 e. The molecule has 0 saturated carbocycles. The summed E-state index contributed by atoms with van der Waals surface area (Å²) in [6.45, 7) is 3.15. The third-order valence-corrected chi connectivity index (χ3v) is 5.86. The standard InChI is InChI=1S/C30H31N5O5/c1-30(2,38)29(37)34-22-11-12-27(33-16-22)35-28(36)21-13-23(39-17-19-7-3-5-9-25(19)31)15-24(14-21)40-18-20-8-4-6-10-26(20)32/h3-16,38H,17-18,31-32H2,1-2H3,(H,34,37)(H,33,35,36). The molecule has 0 saturated heterocycles. The van der Waals surface area contributed by atoms with Gasteiger partial charge < -0.3 is 36.7 Å². The van der Waals surface area contributed by atoms with Crippen molar-refractivity contribution in [2.45, 2.75) is 32.7 Å². The van der Waals surface area contributed by atoms with E-state index in [0.717, 1.165) is 11.1 Å². The average Bonchev–Trinajstić information content (AvgIpc) is 2.92. The van der Waals surface area contributed by atoms with Gasteiger partial charge in [0.25, 0.3) is 11.8 Å². The lowest BCUT2D eigenvalue weighted by molar-refractivity contribution is -0.130. The molecule has 4 rings (SSSR count). The number of nitrogens with one attached hydrogen (secondary N) is 2. The van der Waals surface area contributed by atoms with Gasteiger partial charge in [-0.3, -0.25) is 9.59 Å². The number of aliphatic hydroxyl groups is 1. The van der Waals surface area contributed by atoms with E-state index in [1.54, 1.807) is 36.4 Å². The van der Waals surface area contributed by atoms with Crippen molar-refractivity contribution in [2.24, 2.45) is 0 Å². The van der Waals surface area contributed by atoms with Crippen LogP contribution in [-0.4, -0.2) is 27.5 Å². The summed E-state index contributed by atoms with van der Waals surface area (Å²) in [7, 11) is 0. The minimum atomic E-state index is -1.54. The number of rotatable bonds is 10. The summed E-state index contributed by atoms with van der Waals surface area (Å²) in [5.41, 5.74) is 14.0. The summed E-state index contributed by atoms with van der Waals surface area (Å²) in [5, 5.41) is 15.1. The molecule has 0 aliphatic carbocycles. The zero-order valence-electron chi connectivity index (χ0n) is 22.2. The van der Waals surface area contributed by atoms with Crippen LogP contribution in [0.5, 0.6) is 11.5 Å². The lowest BCUT2D eigenvalue weighted by atomic mass is 10.1. The normalized spacial score (nSPS) is 11.0. The Balaban J connectivity index is 1.51. The topological polar surface area (TPSA) is 162 Å². The van der Waals surface area contributed by atoms with Crippen LogP contribution in [0.15, 0.2) is 85.1 Å². The predicted octanol–water partition coefficient (Wildman–Crippen LogP) is 4.37. The Kier molecular flexibility index (Phi) is 8.51. The smallest absolute Gasteiger partial charge is 0.257 e. The number of carbonyl (C=O) groups excluding carboxylic acids is 2. The maximum absolute atomic E-state index is 13.2. The zero-order valence-corrected chi connectivity index (χ0v) is 22.2. The minimum absolute atomic E-state index is 0.197. The first-order chi connectivity index (χ1) is 19.1. The quantitative estimate of drug-likeness (QED) is 0.185. The number of para-hydroxylation sites is 2. The molecule has 0 fully saturated rings. The molecule has 0 spiro atoms. The van der Waals surface area contributed by atoms with E-state index in [9.17, 15) is 14.7 Å². The van der Waals surface area contributed by atoms with Gasteiger partial charge in [0.1, 0.15) is 36.1 Å². The van der Waals surface area contributed by atoms with Crippen LogP contribution in [-0.2, 0) is 18.0 Å². The summed E-state index contributed by atoms with van der Waals surface area (Å²) >= 11 is 0. The number of pyridine rings is 1. The molecule has 0 radical (unpaired) electrons. The third kappa shape index (κ3) is 7.49. The van der Waals surface area contributed by atoms with Gasteiger partial charge in [-0.2, -0.15) is 0 Å². The van der Waals surface area contributed by atoms with E-state index < -0.39 is 17.4 Å². The van der Waals surface area contributed by atoms with Gasteiger partial charge in [0.05, 0.1) is 11.9 Å². The van der Waals surface area contributed by atoms with Gasteiger partial charge in [0.15, 0.2) is 0 Å². The molecule has 4 aromatic rings. The van der Waals surface area contributed by atoms with Crippen LogP contribution in [0.4, 0.5) is 22.9 Å². The molecule has 0 aliphatic heterocycles. The Morgan fingerprint density at radius 2 is 1.38 bits per heavy atom. The number of hydrogen-bond donors (Lipinski definition) is 5. The van der Waals surface area contributed by atoms with Gasteiger partial charge in [-0.25, -0.2) is 4.98 Å². The number of nitrogen functional groups attached to an aromatic ring is 2. The monoisotopic (exact) mass is 541 g/mol. The summed E-state index contributed by atoms with van der Waals surface area (Å²) in [5.74, 6) is 0.0442. The van der Waals surface area contributed by atoms with Crippen molar-refractivity contribution >= 4 is 34.7 Å². The van der Waals surface area contributed by atoms with Crippen LogP contribution < -0.4 is 31.6 Å². The number of hydrogen-bond acceptors (Lipinski definition) is 8. The number of carbonyl (C=O) groups is 2. The van der Waals surface area contributed by atoms with Crippen LogP contribution >= 0.6 is 0 Å². The van der Waals surface area contributed by atoms with Gasteiger partial charge in [-0.15, -0.1) is 0 Å². The van der Waals surface area contributed by atoms with Crippen LogP contribution in [0, 0.1) is 0 Å². The van der Waals surface area contributed by atoms with E-state index in [4.69, 9.17) is 20.9 Å². The first-order valence-corrected chi connectivity index (χ1v) is 12.5. The summed E-state index contributed by atoms with van der Waals surface area (Å²) in [6, 6.07) is 22.7. The molecule has 0 aliphatic rings. The highest BCUT2D eigenvalue weighted by molar-refractivity contribution is 6.04. The van der Waals surface area contributed by atoms with Crippen molar-refractivity contribution in [3.05, 3.63) is 102 Å². The van der Waals surface area contributed by atoms with Crippen molar-refractivity contribution in [3.63, 3.8) is 0 Å². The fourth-order valence-corrected chi connectivity index (χ4v) is 3.54. The molecule has 1 aromatic heterocycles. The number of benzene rings is 3. The fraction of sp³-hybridized carbons (Fsp3) is 0.167. The second kappa shape index (κ2) is 12.2. The highest BCUT2D eigenvalue weighted by Gasteiger charge is 2.23. The van der Waals surface area contributed by atoms with Crippen molar-refractivity contribution in [2.75, 3.05) is 22.1 Å². The molecule has 7 N–H and O–H groups in total. The van der Waals surface area contributed by atoms with Gasteiger partial charge >= 0.3 is 0 Å². The Bertz CT molecular complexity index is 1430. The zero-order chi connectivity index (χ0) is 28.7. The van der Waals surface area contributed by atoms with Crippen LogP contribution in [0.3, 0.4) is 0 Å². The Morgan fingerprint density at radius 1 is 0.825 bits per heavy atom. The number of nitrogens with two attached hydrogens (primary N) is 2. The van der Waals surface area contributed by atoms with Gasteiger partial charge in [-0.1, -0.05) is 36.4 Å². The molecule has 0 bridgehead atoms. The van der Waals surface area contributed by atoms with E-state index >= 15 is 0 Å². The van der Waals surface area contributed by atoms with E-state index in [1.165, 1.54) is 26.1 Å². The molecule has 3 aromatic carbocycles. The predicted molar refractivity (Wildman–Crippen MR) is 154 cm³/mol. The number of amides is 2. The lowest BCUT2D eigenvalue weighted by Gasteiger charge is -2.16. The van der Waals surface area contributed by atoms with Crippen LogP contribution in [0.25, 0.3) is 0 Å². The maximum Gasteiger partial charge on any atom is 0.257 e. The Hall–Kier alpha value is -5.09. The second-order valence-electron chi connectivity index (χ2n) is 9.57. The summed E-state index contributed by atoms with van der Waals surface area (Å²) in [6.07, 6.45) is 1.38. The SMILES string of the molecule is CC(C)(O)C(=O)Nc1ccc(NC(=O)c2cc(OCc3ccccc3N)cc(OCc3ccccc3N)c2)nc1. The molecular formula is C30H31N5O5. The number of anilines is 4. The van der Waals surface area contributed by atoms with Crippen LogP contribution in [0.2, 0.25) is 0 Å². The average molecular weight is 542 g/mol. The van der Waals surface area contributed by atoms with E-state index in [1.807, 2.05) is 36.4 Å². The highest BCUT2D eigenvalue weighted by Crippen LogP contribution is 2.27.